The number of ether oxygens (including phenoxy) is 3. The molecule has 0 aromatic heterocycles. The molecule has 0 radical (unpaired) electrons. The van der Waals surface area contributed by atoms with Crippen LogP contribution >= 0.6 is 0 Å². The van der Waals surface area contributed by atoms with E-state index in [1.807, 2.05) is 19.1 Å². The lowest BCUT2D eigenvalue weighted by Crippen LogP contribution is -2.38. The lowest BCUT2D eigenvalue weighted by Gasteiger charge is -2.19. The van der Waals surface area contributed by atoms with Crippen molar-refractivity contribution in [2.75, 3.05) is 27.4 Å². The van der Waals surface area contributed by atoms with Gasteiger partial charge < -0.3 is 25.3 Å². The lowest BCUT2D eigenvalue weighted by molar-refractivity contribution is -0.127. The normalized spacial score (nSPS) is 13.4. The highest BCUT2D eigenvalue weighted by molar-refractivity contribution is 5.80. The van der Waals surface area contributed by atoms with Crippen molar-refractivity contribution in [1.82, 2.24) is 5.32 Å². The number of nitrogens with two attached hydrogens (primary N) is 1. The van der Waals surface area contributed by atoms with Crippen molar-refractivity contribution in [2.24, 2.45) is 5.73 Å². The van der Waals surface area contributed by atoms with Crippen molar-refractivity contribution < 1.29 is 19.0 Å². The summed E-state index contributed by atoms with van der Waals surface area (Å²) in [5, 5.41) is 2.73. The Morgan fingerprint density at radius 2 is 2.05 bits per heavy atom. The molecule has 1 rings (SSSR count). The van der Waals surface area contributed by atoms with Gasteiger partial charge >= 0.3 is 0 Å². The van der Waals surface area contributed by atoms with E-state index in [4.69, 9.17) is 19.9 Å². The maximum atomic E-state index is 11.9. The quantitative estimate of drug-likeness (QED) is 0.705. The van der Waals surface area contributed by atoms with Crippen molar-refractivity contribution in [2.45, 2.75) is 26.0 Å². The molecular formula is C15H24N2O4. The van der Waals surface area contributed by atoms with Crippen molar-refractivity contribution in [3.63, 3.8) is 0 Å². The Hall–Kier alpha value is -1.79. The molecule has 1 unspecified atom stereocenters. The van der Waals surface area contributed by atoms with Gasteiger partial charge in [0.15, 0.2) is 6.10 Å². The zero-order chi connectivity index (χ0) is 15.8. The third-order valence-corrected chi connectivity index (χ3v) is 2.99. The van der Waals surface area contributed by atoms with Gasteiger partial charge in [-0.05, 0) is 19.9 Å². The van der Waals surface area contributed by atoms with Gasteiger partial charge in [-0.2, -0.15) is 0 Å². The minimum atomic E-state index is -0.633. The SMILES string of the molecule is COCCNC(=O)C(C)Oc1cc(OC)ccc1[C@H](C)N. The molecule has 21 heavy (non-hydrogen) atoms. The number of nitrogens with one attached hydrogen (secondary N) is 1. The molecule has 0 saturated carbocycles. The Balaban J connectivity index is 2.77. The molecule has 0 bridgehead atoms. The molecule has 0 spiro atoms. The predicted molar refractivity (Wildman–Crippen MR) is 80.6 cm³/mol. The summed E-state index contributed by atoms with van der Waals surface area (Å²) in [4.78, 5) is 11.9. The molecule has 0 aliphatic heterocycles. The first-order valence-corrected chi connectivity index (χ1v) is 6.86. The van der Waals surface area contributed by atoms with Gasteiger partial charge in [0.1, 0.15) is 11.5 Å². The zero-order valence-corrected chi connectivity index (χ0v) is 13.0. The molecule has 0 saturated heterocycles. The minimum absolute atomic E-state index is 0.199. The molecule has 6 nitrogen and oxygen atoms in total. The van der Waals surface area contributed by atoms with E-state index >= 15 is 0 Å². The van der Waals surface area contributed by atoms with Crippen LogP contribution in [0.4, 0.5) is 0 Å². The van der Waals surface area contributed by atoms with Gasteiger partial charge in [-0.3, -0.25) is 4.79 Å². The minimum Gasteiger partial charge on any atom is -0.497 e. The summed E-state index contributed by atoms with van der Waals surface area (Å²) in [5.41, 5.74) is 6.74. The Kier molecular flexibility index (Phi) is 6.98. The van der Waals surface area contributed by atoms with Crippen LogP contribution in [-0.2, 0) is 9.53 Å². The molecule has 0 aliphatic carbocycles. The van der Waals surface area contributed by atoms with Crippen LogP contribution in [0.3, 0.4) is 0 Å². The van der Waals surface area contributed by atoms with Gasteiger partial charge in [-0.15, -0.1) is 0 Å². The molecule has 1 aromatic rings. The predicted octanol–water partition coefficient (Wildman–Crippen LogP) is 1.24. The van der Waals surface area contributed by atoms with E-state index < -0.39 is 6.10 Å². The number of amides is 1. The van der Waals surface area contributed by atoms with Gasteiger partial charge in [0, 0.05) is 31.3 Å². The lowest BCUT2D eigenvalue weighted by atomic mass is 10.1. The molecule has 3 N–H and O–H groups in total. The fraction of sp³-hybridized carbons (Fsp3) is 0.533. The summed E-state index contributed by atoms with van der Waals surface area (Å²) in [6.45, 7) is 4.45. The van der Waals surface area contributed by atoms with Gasteiger partial charge in [0.2, 0.25) is 0 Å². The second kappa shape index (κ2) is 8.49. The first-order valence-electron chi connectivity index (χ1n) is 6.86. The molecule has 0 fully saturated rings. The topological polar surface area (TPSA) is 82.8 Å². The van der Waals surface area contributed by atoms with E-state index in [1.54, 1.807) is 27.2 Å². The van der Waals surface area contributed by atoms with Gasteiger partial charge in [0.25, 0.3) is 5.91 Å². The van der Waals surface area contributed by atoms with Crippen LogP contribution in [0.1, 0.15) is 25.5 Å². The Morgan fingerprint density at radius 1 is 1.33 bits per heavy atom. The number of benzene rings is 1. The molecule has 2 atom stereocenters. The Morgan fingerprint density at radius 3 is 2.62 bits per heavy atom. The maximum Gasteiger partial charge on any atom is 0.260 e. The summed E-state index contributed by atoms with van der Waals surface area (Å²) in [6, 6.07) is 5.19. The number of hydrogen-bond acceptors (Lipinski definition) is 5. The van der Waals surface area contributed by atoms with E-state index in [0.29, 0.717) is 24.7 Å². The van der Waals surface area contributed by atoms with Crippen molar-refractivity contribution >= 4 is 5.91 Å². The first-order chi connectivity index (χ1) is 9.99. The van der Waals surface area contributed by atoms with Crippen molar-refractivity contribution in [3.05, 3.63) is 23.8 Å². The van der Waals surface area contributed by atoms with Crippen LogP contribution in [0.5, 0.6) is 11.5 Å². The van der Waals surface area contributed by atoms with E-state index in [-0.39, 0.29) is 11.9 Å². The van der Waals surface area contributed by atoms with Gasteiger partial charge in [-0.25, -0.2) is 0 Å². The largest absolute Gasteiger partial charge is 0.497 e. The first kappa shape index (κ1) is 17.3. The fourth-order valence-corrected chi connectivity index (χ4v) is 1.78. The summed E-state index contributed by atoms with van der Waals surface area (Å²) in [6.07, 6.45) is -0.633. The Labute approximate surface area is 125 Å². The summed E-state index contributed by atoms with van der Waals surface area (Å²) in [5.74, 6) is 1.01. The van der Waals surface area contributed by atoms with E-state index in [1.165, 1.54) is 0 Å². The molecule has 0 heterocycles. The van der Waals surface area contributed by atoms with Crippen LogP contribution in [0.2, 0.25) is 0 Å². The number of methoxy groups -OCH3 is 2. The highest BCUT2D eigenvalue weighted by Crippen LogP contribution is 2.29. The number of rotatable bonds is 8. The molecular weight excluding hydrogens is 272 g/mol. The van der Waals surface area contributed by atoms with Crippen molar-refractivity contribution in [3.8, 4) is 11.5 Å². The second-order valence-corrected chi connectivity index (χ2v) is 4.74. The standard InChI is InChI=1S/C15H24N2O4/c1-10(16)13-6-5-12(20-4)9-14(13)21-11(2)15(18)17-7-8-19-3/h5-6,9-11H,7-8,16H2,1-4H3,(H,17,18)/t10-,11?/m0/s1. The summed E-state index contributed by atoms with van der Waals surface area (Å²) < 4.78 is 15.8. The maximum absolute atomic E-state index is 11.9. The van der Waals surface area contributed by atoms with E-state index in [9.17, 15) is 4.79 Å². The van der Waals surface area contributed by atoms with Crippen LogP contribution in [0.25, 0.3) is 0 Å². The Bertz CT molecular complexity index is 463. The van der Waals surface area contributed by atoms with Gasteiger partial charge in [-0.1, -0.05) is 6.07 Å². The van der Waals surface area contributed by atoms with Crippen LogP contribution < -0.4 is 20.5 Å². The number of carbonyl (C=O) groups excluding carboxylic acids is 1. The summed E-state index contributed by atoms with van der Waals surface area (Å²) in [7, 11) is 3.16. The average Bonchev–Trinajstić information content (AvgIpc) is 2.46. The van der Waals surface area contributed by atoms with Crippen molar-refractivity contribution in [1.29, 1.82) is 0 Å². The number of hydrogen-bond donors (Lipinski definition) is 2. The third-order valence-electron chi connectivity index (χ3n) is 2.99. The van der Waals surface area contributed by atoms with Gasteiger partial charge in [0.05, 0.1) is 13.7 Å². The zero-order valence-electron chi connectivity index (χ0n) is 13.0. The summed E-state index contributed by atoms with van der Waals surface area (Å²) >= 11 is 0. The molecule has 0 aliphatic rings. The highest BCUT2D eigenvalue weighted by Gasteiger charge is 2.17. The second-order valence-electron chi connectivity index (χ2n) is 4.74. The average molecular weight is 296 g/mol. The highest BCUT2D eigenvalue weighted by atomic mass is 16.5. The molecule has 1 aromatic carbocycles. The van der Waals surface area contributed by atoms with Crippen LogP contribution in [-0.4, -0.2) is 39.4 Å². The van der Waals surface area contributed by atoms with E-state index in [0.717, 1.165) is 5.56 Å². The third kappa shape index (κ3) is 5.24. The molecule has 118 valence electrons. The fourth-order valence-electron chi connectivity index (χ4n) is 1.78. The van der Waals surface area contributed by atoms with Crippen LogP contribution in [0, 0.1) is 0 Å². The smallest absolute Gasteiger partial charge is 0.260 e. The monoisotopic (exact) mass is 296 g/mol. The van der Waals surface area contributed by atoms with Crippen LogP contribution in [0.15, 0.2) is 18.2 Å². The number of carbonyl (C=O) groups is 1. The molecule has 6 heteroatoms. The van der Waals surface area contributed by atoms with E-state index in [2.05, 4.69) is 5.32 Å². The molecule has 1 amide bonds.